The van der Waals surface area contributed by atoms with Crippen molar-refractivity contribution in [3.05, 3.63) is 36.3 Å². The van der Waals surface area contributed by atoms with E-state index in [0.717, 1.165) is 18.4 Å². The number of fused-ring (bicyclic) bond motifs is 1. The zero-order chi connectivity index (χ0) is 15.5. The van der Waals surface area contributed by atoms with E-state index in [0.29, 0.717) is 38.0 Å². The van der Waals surface area contributed by atoms with Crippen LogP contribution in [0.25, 0.3) is 0 Å². The molecule has 1 aliphatic carbocycles. The SMILES string of the molecule is C=CCOCC1CCC2C1OCCN2C(=O)c1occc1C. The molecule has 0 radical (unpaired) electrons. The number of hydrogen-bond donors (Lipinski definition) is 0. The van der Waals surface area contributed by atoms with Crippen LogP contribution in [-0.2, 0) is 9.47 Å². The maximum Gasteiger partial charge on any atom is 0.290 e. The Bertz CT molecular complexity index is 539. The molecule has 120 valence electrons. The minimum atomic E-state index is -0.0199. The predicted molar refractivity (Wildman–Crippen MR) is 81.7 cm³/mol. The van der Waals surface area contributed by atoms with E-state index in [4.69, 9.17) is 13.9 Å². The number of carbonyl (C=O) groups is 1. The zero-order valence-electron chi connectivity index (χ0n) is 13.0. The van der Waals surface area contributed by atoms with Gasteiger partial charge in [0.05, 0.1) is 38.2 Å². The second-order valence-corrected chi connectivity index (χ2v) is 6.00. The first-order valence-corrected chi connectivity index (χ1v) is 7.87. The molecule has 1 saturated heterocycles. The van der Waals surface area contributed by atoms with Gasteiger partial charge in [0, 0.05) is 18.0 Å². The van der Waals surface area contributed by atoms with Gasteiger partial charge in [-0.2, -0.15) is 0 Å². The Kier molecular flexibility index (Phi) is 4.64. The van der Waals surface area contributed by atoms with Crippen molar-refractivity contribution in [2.24, 2.45) is 5.92 Å². The van der Waals surface area contributed by atoms with Crippen LogP contribution in [0.5, 0.6) is 0 Å². The summed E-state index contributed by atoms with van der Waals surface area (Å²) in [5, 5.41) is 0. The van der Waals surface area contributed by atoms with Gasteiger partial charge >= 0.3 is 0 Å². The highest BCUT2D eigenvalue weighted by atomic mass is 16.5. The van der Waals surface area contributed by atoms with E-state index in [-0.39, 0.29) is 18.1 Å². The lowest BCUT2D eigenvalue weighted by Gasteiger charge is -2.39. The molecule has 5 heteroatoms. The molecule has 1 aliphatic heterocycles. The van der Waals surface area contributed by atoms with Gasteiger partial charge in [-0.05, 0) is 25.8 Å². The fourth-order valence-electron chi connectivity index (χ4n) is 3.52. The number of furan rings is 1. The summed E-state index contributed by atoms with van der Waals surface area (Å²) < 4.78 is 16.9. The Labute approximate surface area is 130 Å². The molecule has 2 heterocycles. The Morgan fingerprint density at radius 1 is 1.55 bits per heavy atom. The highest BCUT2D eigenvalue weighted by molar-refractivity contribution is 5.93. The minimum absolute atomic E-state index is 0.0199. The maximum atomic E-state index is 12.7. The Morgan fingerprint density at radius 3 is 3.14 bits per heavy atom. The number of hydrogen-bond acceptors (Lipinski definition) is 4. The van der Waals surface area contributed by atoms with E-state index < -0.39 is 0 Å². The topological polar surface area (TPSA) is 51.9 Å². The monoisotopic (exact) mass is 305 g/mol. The first-order valence-electron chi connectivity index (χ1n) is 7.87. The molecule has 0 spiro atoms. The molecule has 3 unspecified atom stereocenters. The summed E-state index contributed by atoms with van der Waals surface area (Å²) >= 11 is 0. The number of morpholine rings is 1. The van der Waals surface area contributed by atoms with Gasteiger partial charge in [0.2, 0.25) is 0 Å². The van der Waals surface area contributed by atoms with Crippen LogP contribution in [0.1, 0.15) is 29.0 Å². The second kappa shape index (κ2) is 6.67. The number of amides is 1. The fraction of sp³-hybridized carbons (Fsp3) is 0.588. The first-order chi connectivity index (χ1) is 10.7. The number of carbonyl (C=O) groups excluding carboxylic acids is 1. The highest BCUT2D eigenvalue weighted by Crippen LogP contribution is 2.35. The minimum Gasteiger partial charge on any atom is -0.459 e. The summed E-state index contributed by atoms with van der Waals surface area (Å²) in [4.78, 5) is 14.6. The normalized spacial score (nSPS) is 27.7. The summed E-state index contributed by atoms with van der Waals surface area (Å²) in [6.07, 6.45) is 5.37. The van der Waals surface area contributed by atoms with Crippen LogP contribution < -0.4 is 0 Å². The number of nitrogens with zero attached hydrogens (tertiary/aromatic N) is 1. The lowest BCUT2D eigenvalue weighted by Crippen LogP contribution is -2.53. The smallest absolute Gasteiger partial charge is 0.290 e. The van der Waals surface area contributed by atoms with Gasteiger partial charge in [0.1, 0.15) is 0 Å². The Morgan fingerprint density at radius 2 is 2.41 bits per heavy atom. The molecule has 2 fully saturated rings. The maximum absolute atomic E-state index is 12.7. The molecule has 5 nitrogen and oxygen atoms in total. The molecule has 0 aromatic carbocycles. The quantitative estimate of drug-likeness (QED) is 0.619. The highest BCUT2D eigenvalue weighted by Gasteiger charge is 2.45. The van der Waals surface area contributed by atoms with E-state index in [2.05, 4.69) is 6.58 Å². The average Bonchev–Trinajstić information content (AvgIpc) is 3.13. The van der Waals surface area contributed by atoms with Crippen LogP contribution in [0.2, 0.25) is 0 Å². The van der Waals surface area contributed by atoms with Crippen LogP contribution in [0.3, 0.4) is 0 Å². The molecular formula is C17H23NO4. The average molecular weight is 305 g/mol. The lowest BCUT2D eigenvalue weighted by atomic mass is 10.0. The van der Waals surface area contributed by atoms with E-state index in [1.807, 2.05) is 17.9 Å². The molecule has 1 aromatic rings. The summed E-state index contributed by atoms with van der Waals surface area (Å²) in [7, 11) is 0. The molecular weight excluding hydrogens is 282 g/mol. The van der Waals surface area contributed by atoms with E-state index in [1.54, 1.807) is 12.3 Å². The van der Waals surface area contributed by atoms with E-state index in [1.165, 1.54) is 0 Å². The van der Waals surface area contributed by atoms with Gasteiger partial charge in [-0.3, -0.25) is 4.79 Å². The van der Waals surface area contributed by atoms with Crippen molar-refractivity contribution < 1.29 is 18.7 Å². The standard InChI is InChI=1S/C17H23NO4/c1-3-8-20-11-13-4-5-14-16(13)22-10-7-18(14)17(19)15-12(2)6-9-21-15/h3,6,9,13-14,16H,1,4-5,7-8,10-11H2,2H3. The molecule has 1 aromatic heterocycles. The summed E-state index contributed by atoms with van der Waals surface area (Å²) in [6, 6.07) is 1.95. The van der Waals surface area contributed by atoms with Gasteiger partial charge in [-0.15, -0.1) is 6.58 Å². The van der Waals surface area contributed by atoms with Crippen molar-refractivity contribution in [3.63, 3.8) is 0 Å². The van der Waals surface area contributed by atoms with Gasteiger partial charge in [0.25, 0.3) is 5.91 Å². The van der Waals surface area contributed by atoms with Gasteiger partial charge in [-0.1, -0.05) is 6.08 Å². The fourth-order valence-corrected chi connectivity index (χ4v) is 3.52. The Balaban J connectivity index is 1.69. The molecule has 0 bridgehead atoms. The second-order valence-electron chi connectivity index (χ2n) is 6.00. The molecule has 2 aliphatic rings. The first kappa shape index (κ1) is 15.3. The van der Waals surface area contributed by atoms with Crippen molar-refractivity contribution in [1.29, 1.82) is 0 Å². The molecule has 0 N–H and O–H groups in total. The third-order valence-corrected chi connectivity index (χ3v) is 4.60. The molecule has 1 saturated carbocycles. The summed E-state index contributed by atoms with van der Waals surface area (Å²) in [5.41, 5.74) is 0.886. The van der Waals surface area contributed by atoms with Gasteiger partial charge in [0.15, 0.2) is 5.76 Å². The van der Waals surface area contributed by atoms with E-state index in [9.17, 15) is 4.79 Å². The number of rotatable bonds is 5. The lowest BCUT2D eigenvalue weighted by molar-refractivity contribution is -0.0744. The number of aryl methyl sites for hydroxylation is 1. The van der Waals surface area contributed by atoms with Crippen LogP contribution in [0, 0.1) is 12.8 Å². The third-order valence-electron chi connectivity index (χ3n) is 4.60. The van der Waals surface area contributed by atoms with Crippen molar-refractivity contribution in [2.75, 3.05) is 26.4 Å². The summed E-state index contributed by atoms with van der Waals surface area (Å²) in [5.74, 6) is 0.777. The van der Waals surface area contributed by atoms with Crippen LogP contribution in [-0.4, -0.2) is 49.3 Å². The van der Waals surface area contributed by atoms with Crippen LogP contribution in [0.4, 0.5) is 0 Å². The molecule has 3 atom stereocenters. The summed E-state index contributed by atoms with van der Waals surface area (Å²) in [6.45, 7) is 7.98. The van der Waals surface area contributed by atoms with Gasteiger partial charge in [-0.25, -0.2) is 0 Å². The van der Waals surface area contributed by atoms with Gasteiger partial charge < -0.3 is 18.8 Å². The number of ether oxygens (including phenoxy) is 2. The van der Waals surface area contributed by atoms with Crippen LogP contribution in [0.15, 0.2) is 29.4 Å². The van der Waals surface area contributed by atoms with E-state index >= 15 is 0 Å². The predicted octanol–water partition coefficient (Wildman–Crippen LogP) is 2.41. The van der Waals surface area contributed by atoms with Crippen molar-refractivity contribution in [2.45, 2.75) is 31.9 Å². The zero-order valence-corrected chi connectivity index (χ0v) is 13.0. The molecule has 1 amide bonds. The van der Waals surface area contributed by atoms with Crippen LogP contribution >= 0.6 is 0 Å². The largest absolute Gasteiger partial charge is 0.459 e. The van der Waals surface area contributed by atoms with Crippen molar-refractivity contribution in [1.82, 2.24) is 4.90 Å². The van der Waals surface area contributed by atoms with Crippen molar-refractivity contribution >= 4 is 5.91 Å². The van der Waals surface area contributed by atoms with Crippen molar-refractivity contribution in [3.8, 4) is 0 Å². The Hall–Kier alpha value is -1.59. The third kappa shape index (κ3) is 2.83. The molecule has 3 rings (SSSR count). The molecule has 22 heavy (non-hydrogen) atoms.